The zero-order valence-corrected chi connectivity index (χ0v) is 13.7. The Labute approximate surface area is 132 Å². The van der Waals surface area contributed by atoms with Gasteiger partial charge in [0.25, 0.3) is 0 Å². The molecule has 0 aromatic heterocycles. The van der Waals surface area contributed by atoms with E-state index >= 15 is 0 Å². The molecule has 2 heterocycles. The van der Waals surface area contributed by atoms with E-state index in [0.29, 0.717) is 24.4 Å². The minimum absolute atomic E-state index is 0.0309. The molecule has 0 saturated carbocycles. The maximum atomic E-state index is 12.8. The molecule has 1 atom stereocenters. The second-order valence-electron chi connectivity index (χ2n) is 6.17. The second kappa shape index (κ2) is 6.01. The lowest BCUT2D eigenvalue weighted by atomic mass is 10.1. The number of aryl methyl sites for hydroxylation is 1. The van der Waals surface area contributed by atoms with Crippen molar-refractivity contribution in [3.8, 4) is 0 Å². The van der Waals surface area contributed by atoms with Crippen LogP contribution in [0.3, 0.4) is 0 Å². The molecule has 0 aliphatic carbocycles. The first-order valence-corrected chi connectivity index (χ1v) is 9.29. The smallest absolute Gasteiger partial charge is 0.243 e. The topological polar surface area (TPSA) is 57.7 Å². The molecule has 0 spiro atoms. The number of benzene rings is 1. The number of amides is 1. The van der Waals surface area contributed by atoms with Crippen molar-refractivity contribution in [2.45, 2.75) is 43.5 Å². The molecule has 1 amide bonds. The highest BCUT2D eigenvalue weighted by Crippen LogP contribution is 2.26. The number of rotatable bonds is 3. The van der Waals surface area contributed by atoms with Crippen LogP contribution in [0.4, 0.5) is 0 Å². The van der Waals surface area contributed by atoms with E-state index in [4.69, 9.17) is 0 Å². The van der Waals surface area contributed by atoms with Gasteiger partial charge in [0.2, 0.25) is 15.9 Å². The predicted molar refractivity (Wildman–Crippen MR) is 83.9 cm³/mol. The first kappa shape index (κ1) is 15.5. The van der Waals surface area contributed by atoms with Gasteiger partial charge in [-0.05, 0) is 43.9 Å². The lowest BCUT2D eigenvalue weighted by Gasteiger charge is -2.36. The van der Waals surface area contributed by atoms with E-state index < -0.39 is 10.0 Å². The highest BCUT2D eigenvalue weighted by atomic mass is 32.2. The van der Waals surface area contributed by atoms with Gasteiger partial charge in [0, 0.05) is 32.1 Å². The molecule has 2 aliphatic rings. The molecular weight excluding hydrogens is 300 g/mol. The van der Waals surface area contributed by atoms with Gasteiger partial charge < -0.3 is 4.90 Å². The quantitative estimate of drug-likeness (QED) is 0.852. The van der Waals surface area contributed by atoms with Crippen LogP contribution < -0.4 is 0 Å². The Kier molecular flexibility index (Phi) is 4.23. The minimum Gasteiger partial charge on any atom is -0.338 e. The number of piperidine rings is 1. The summed E-state index contributed by atoms with van der Waals surface area (Å²) in [5.41, 5.74) is 0.935. The summed E-state index contributed by atoms with van der Waals surface area (Å²) in [6, 6.07) is 7.05. The fourth-order valence-corrected chi connectivity index (χ4v) is 4.99. The van der Waals surface area contributed by atoms with Crippen LogP contribution in [0.1, 0.15) is 31.2 Å². The Balaban J connectivity index is 1.80. The largest absolute Gasteiger partial charge is 0.338 e. The first-order valence-electron chi connectivity index (χ1n) is 7.85. The van der Waals surface area contributed by atoms with Crippen molar-refractivity contribution in [1.82, 2.24) is 9.21 Å². The summed E-state index contributed by atoms with van der Waals surface area (Å²) in [5, 5.41) is 0. The van der Waals surface area contributed by atoms with Crippen molar-refractivity contribution in [3.05, 3.63) is 29.8 Å². The average Bonchev–Trinajstić information content (AvgIpc) is 2.93. The Morgan fingerprint density at radius 2 is 2.00 bits per heavy atom. The molecule has 3 rings (SSSR count). The number of carbonyl (C=O) groups is 1. The fraction of sp³-hybridized carbons (Fsp3) is 0.562. The van der Waals surface area contributed by atoms with Crippen molar-refractivity contribution >= 4 is 15.9 Å². The molecule has 2 fully saturated rings. The minimum atomic E-state index is -3.47. The average molecular weight is 322 g/mol. The number of hydrogen-bond donors (Lipinski definition) is 0. The molecule has 22 heavy (non-hydrogen) atoms. The van der Waals surface area contributed by atoms with Crippen LogP contribution in [0.2, 0.25) is 0 Å². The summed E-state index contributed by atoms with van der Waals surface area (Å²) < 4.78 is 27.2. The van der Waals surface area contributed by atoms with Gasteiger partial charge in [-0.1, -0.05) is 12.1 Å². The molecule has 1 aromatic rings. The van der Waals surface area contributed by atoms with Crippen LogP contribution in [-0.4, -0.2) is 49.2 Å². The maximum absolute atomic E-state index is 12.8. The van der Waals surface area contributed by atoms with Gasteiger partial charge in [0.05, 0.1) is 4.90 Å². The van der Waals surface area contributed by atoms with Gasteiger partial charge in [-0.2, -0.15) is 4.31 Å². The third-order valence-electron chi connectivity index (χ3n) is 4.54. The molecule has 0 N–H and O–H groups in total. The molecule has 1 aromatic carbocycles. The van der Waals surface area contributed by atoms with E-state index in [1.54, 1.807) is 22.5 Å². The van der Waals surface area contributed by atoms with Gasteiger partial charge in [-0.15, -0.1) is 0 Å². The Morgan fingerprint density at radius 1 is 1.18 bits per heavy atom. The van der Waals surface area contributed by atoms with Gasteiger partial charge in [-0.25, -0.2) is 8.42 Å². The molecule has 2 saturated heterocycles. The summed E-state index contributed by atoms with van der Waals surface area (Å²) >= 11 is 0. The van der Waals surface area contributed by atoms with Crippen LogP contribution in [-0.2, 0) is 14.8 Å². The molecule has 2 aliphatic heterocycles. The summed E-state index contributed by atoms with van der Waals surface area (Å²) in [7, 11) is -3.47. The zero-order valence-electron chi connectivity index (χ0n) is 12.9. The van der Waals surface area contributed by atoms with Gasteiger partial charge in [0.15, 0.2) is 0 Å². The van der Waals surface area contributed by atoms with Gasteiger partial charge in [-0.3, -0.25) is 4.79 Å². The van der Waals surface area contributed by atoms with Gasteiger partial charge >= 0.3 is 0 Å². The molecule has 6 heteroatoms. The normalized spacial score (nSPS) is 24.0. The highest BCUT2D eigenvalue weighted by molar-refractivity contribution is 7.89. The van der Waals surface area contributed by atoms with Crippen LogP contribution in [0, 0.1) is 6.92 Å². The number of nitrogens with zero attached hydrogens (tertiary/aromatic N) is 2. The van der Waals surface area contributed by atoms with Gasteiger partial charge in [0.1, 0.15) is 0 Å². The van der Waals surface area contributed by atoms with Crippen molar-refractivity contribution in [3.63, 3.8) is 0 Å². The lowest BCUT2D eigenvalue weighted by Crippen LogP contribution is -2.50. The van der Waals surface area contributed by atoms with Crippen molar-refractivity contribution < 1.29 is 13.2 Å². The standard InChI is InChI=1S/C16H22N2O3S/c1-13-5-2-7-15(11-13)22(20,21)17-9-3-6-14(12-17)18-10-4-8-16(18)19/h2,5,7,11,14H,3-4,6,8-10,12H2,1H3. The molecule has 5 nitrogen and oxygen atoms in total. The second-order valence-corrected chi connectivity index (χ2v) is 8.10. The fourth-order valence-electron chi connectivity index (χ4n) is 3.37. The Hall–Kier alpha value is -1.40. The summed E-state index contributed by atoms with van der Waals surface area (Å²) in [4.78, 5) is 14.1. The molecule has 0 bridgehead atoms. The highest BCUT2D eigenvalue weighted by Gasteiger charge is 2.35. The van der Waals surface area contributed by atoms with Crippen LogP contribution in [0.15, 0.2) is 29.2 Å². The summed E-state index contributed by atoms with van der Waals surface area (Å²) in [6.07, 6.45) is 3.19. The van der Waals surface area contributed by atoms with E-state index in [-0.39, 0.29) is 11.9 Å². The number of hydrogen-bond acceptors (Lipinski definition) is 3. The first-order chi connectivity index (χ1) is 10.5. The number of likely N-dealkylation sites (tertiary alicyclic amines) is 1. The molecule has 120 valence electrons. The molecule has 0 radical (unpaired) electrons. The van der Waals surface area contributed by atoms with E-state index in [2.05, 4.69) is 0 Å². The number of sulfonamides is 1. The lowest BCUT2D eigenvalue weighted by molar-refractivity contribution is -0.130. The van der Waals surface area contributed by atoms with Crippen LogP contribution in [0.25, 0.3) is 0 Å². The monoisotopic (exact) mass is 322 g/mol. The van der Waals surface area contributed by atoms with E-state index in [1.807, 2.05) is 17.9 Å². The third kappa shape index (κ3) is 2.90. The van der Waals surface area contributed by atoms with E-state index in [9.17, 15) is 13.2 Å². The van der Waals surface area contributed by atoms with Crippen molar-refractivity contribution in [2.75, 3.05) is 19.6 Å². The zero-order chi connectivity index (χ0) is 15.7. The predicted octanol–water partition coefficient (Wildman–Crippen LogP) is 1.77. The van der Waals surface area contributed by atoms with Crippen molar-refractivity contribution in [2.24, 2.45) is 0 Å². The third-order valence-corrected chi connectivity index (χ3v) is 6.40. The molecular formula is C16H22N2O3S. The summed E-state index contributed by atoms with van der Waals surface area (Å²) in [6.45, 7) is 3.61. The SMILES string of the molecule is Cc1cccc(S(=O)(=O)N2CCCC(N3CCCC3=O)C2)c1. The van der Waals surface area contributed by atoms with Crippen molar-refractivity contribution in [1.29, 1.82) is 0 Å². The van der Waals surface area contributed by atoms with Crippen LogP contribution >= 0.6 is 0 Å². The Bertz CT molecular complexity index is 672. The Morgan fingerprint density at radius 3 is 2.68 bits per heavy atom. The van der Waals surface area contributed by atoms with E-state index in [1.165, 1.54) is 0 Å². The number of carbonyl (C=O) groups excluding carboxylic acids is 1. The van der Waals surface area contributed by atoms with E-state index in [0.717, 1.165) is 31.4 Å². The molecule has 1 unspecified atom stereocenters. The maximum Gasteiger partial charge on any atom is 0.243 e. The van der Waals surface area contributed by atoms with Crippen LogP contribution in [0.5, 0.6) is 0 Å². The summed E-state index contributed by atoms with van der Waals surface area (Å²) in [5.74, 6) is 0.166.